The number of carboxylic acid groups (broad SMARTS) is 1. The van der Waals surface area contributed by atoms with Crippen molar-refractivity contribution in [2.45, 2.75) is 6.04 Å². The molecule has 2 rings (SSSR count). The van der Waals surface area contributed by atoms with Crippen LogP contribution in [0, 0.1) is 17.2 Å². The van der Waals surface area contributed by atoms with Crippen molar-refractivity contribution in [1.82, 2.24) is 4.98 Å². The number of aromatic nitrogens is 1. The molecule has 2 N–H and O–H groups in total. The third-order valence-electron chi connectivity index (χ3n) is 2.62. The molecule has 1 fully saturated rings. The number of rotatable bonds is 3. The molecule has 0 spiro atoms. The molecule has 1 aromatic heterocycles. The maximum absolute atomic E-state index is 10.9. The van der Waals surface area contributed by atoms with E-state index in [-0.39, 0.29) is 12.6 Å². The number of hydrogen-bond donors (Lipinski definition) is 2. The van der Waals surface area contributed by atoms with E-state index >= 15 is 0 Å². The van der Waals surface area contributed by atoms with Gasteiger partial charge in [0.15, 0.2) is 0 Å². The molecular weight excluding hydrogens is 222 g/mol. The zero-order valence-electron chi connectivity index (χ0n) is 8.96. The molecule has 0 radical (unpaired) electrons. The first-order valence-electron chi connectivity index (χ1n) is 5.14. The van der Waals surface area contributed by atoms with E-state index in [0.717, 1.165) is 0 Å². The molecule has 17 heavy (non-hydrogen) atoms. The first kappa shape index (κ1) is 11.4. The van der Waals surface area contributed by atoms with Gasteiger partial charge in [0.1, 0.15) is 17.8 Å². The Labute approximate surface area is 97.8 Å². The molecule has 1 aliphatic rings. The Balaban J connectivity index is 2.05. The van der Waals surface area contributed by atoms with Crippen LogP contribution in [0.5, 0.6) is 0 Å². The van der Waals surface area contributed by atoms with Crippen molar-refractivity contribution in [2.75, 3.05) is 18.5 Å². The summed E-state index contributed by atoms with van der Waals surface area (Å²) < 4.78 is 5.12. The van der Waals surface area contributed by atoms with Crippen molar-refractivity contribution in [1.29, 1.82) is 5.26 Å². The van der Waals surface area contributed by atoms with Gasteiger partial charge in [0.05, 0.1) is 24.8 Å². The molecule has 1 aromatic rings. The van der Waals surface area contributed by atoms with E-state index in [1.165, 1.54) is 6.20 Å². The third kappa shape index (κ3) is 2.52. The Morgan fingerprint density at radius 2 is 2.41 bits per heavy atom. The minimum Gasteiger partial charge on any atom is -0.481 e. The van der Waals surface area contributed by atoms with Crippen LogP contribution in [0.25, 0.3) is 0 Å². The quantitative estimate of drug-likeness (QED) is 0.787. The van der Waals surface area contributed by atoms with Gasteiger partial charge in [-0.1, -0.05) is 0 Å². The zero-order valence-corrected chi connectivity index (χ0v) is 8.96. The van der Waals surface area contributed by atoms with E-state index in [9.17, 15) is 4.79 Å². The van der Waals surface area contributed by atoms with Gasteiger partial charge in [0, 0.05) is 6.20 Å². The van der Waals surface area contributed by atoms with Gasteiger partial charge >= 0.3 is 5.97 Å². The summed E-state index contributed by atoms with van der Waals surface area (Å²) >= 11 is 0. The van der Waals surface area contributed by atoms with Gasteiger partial charge in [0.25, 0.3) is 0 Å². The number of nitrogens with one attached hydrogen (secondary N) is 1. The average molecular weight is 233 g/mol. The average Bonchev–Trinajstić information content (AvgIpc) is 2.78. The number of aliphatic carboxylic acids is 1. The number of pyridine rings is 1. The van der Waals surface area contributed by atoms with Gasteiger partial charge in [-0.05, 0) is 12.1 Å². The SMILES string of the molecule is N#Cc1ccc(NC2COCC2C(=O)O)nc1. The van der Waals surface area contributed by atoms with Gasteiger partial charge in [-0.25, -0.2) is 4.98 Å². The Bertz CT molecular complexity index is 452. The Morgan fingerprint density at radius 1 is 1.59 bits per heavy atom. The summed E-state index contributed by atoms with van der Waals surface area (Å²) in [5.74, 6) is -0.896. The van der Waals surface area contributed by atoms with Gasteiger partial charge in [-0.2, -0.15) is 5.26 Å². The van der Waals surface area contributed by atoms with Crippen molar-refractivity contribution >= 4 is 11.8 Å². The molecule has 88 valence electrons. The maximum atomic E-state index is 10.9. The van der Waals surface area contributed by atoms with E-state index in [1.54, 1.807) is 12.1 Å². The van der Waals surface area contributed by atoms with Gasteiger partial charge < -0.3 is 15.2 Å². The molecule has 0 amide bonds. The monoisotopic (exact) mass is 233 g/mol. The molecule has 0 aliphatic carbocycles. The highest BCUT2D eigenvalue weighted by Crippen LogP contribution is 2.18. The standard InChI is InChI=1S/C11H11N3O3/c12-3-7-1-2-10(13-4-7)14-9-6-17-5-8(9)11(15)16/h1-2,4,8-9H,5-6H2,(H,13,14)(H,15,16). The van der Waals surface area contributed by atoms with Crippen LogP contribution in [0.15, 0.2) is 18.3 Å². The van der Waals surface area contributed by atoms with Crippen LogP contribution in [0.3, 0.4) is 0 Å². The van der Waals surface area contributed by atoms with Crippen molar-refractivity contribution in [3.63, 3.8) is 0 Å². The molecule has 2 heterocycles. The van der Waals surface area contributed by atoms with E-state index in [1.807, 2.05) is 6.07 Å². The summed E-state index contributed by atoms with van der Waals surface area (Å²) in [4.78, 5) is 14.9. The first-order valence-corrected chi connectivity index (χ1v) is 5.14. The number of nitrogens with zero attached hydrogens (tertiary/aromatic N) is 2. The lowest BCUT2D eigenvalue weighted by Crippen LogP contribution is -2.33. The Hall–Kier alpha value is -2.13. The van der Waals surface area contributed by atoms with Gasteiger partial charge in [0.2, 0.25) is 0 Å². The molecular formula is C11H11N3O3. The summed E-state index contributed by atoms with van der Waals surface area (Å²) in [6.07, 6.45) is 1.44. The number of ether oxygens (including phenoxy) is 1. The highest BCUT2D eigenvalue weighted by atomic mass is 16.5. The molecule has 1 aliphatic heterocycles. The minimum atomic E-state index is -0.881. The van der Waals surface area contributed by atoms with Crippen molar-refractivity contribution < 1.29 is 14.6 Å². The molecule has 1 saturated heterocycles. The van der Waals surface area contributed by atoms with E-state index < -0.39 is 11.9 Å². The summed E-state index contributed by atoms with van der Waals surface area (Å²) in [6, 6.07) is 4.96. The van der Waals surface area contributed by atoms with Crippen LogP contribution in [-0.4, -0.2) is 35.3 Å². The fourth-order valence-corrected chi connectivity index (χ4v) is 1.68. The third-order valence-corrected chi connectivity index (χ3v) is 2.62. The van der Waals surface area contributed by atoms with Crippen LogP contribution < -0.4 is 5.32 Å². The fourth-order valence-electron chi connectivity index (χ4n) is 1.68. The molecule has 6 heteroatoms. The second-order valence-electron chi connectivity index (χ2n) is 3.78. The predicted molar refractivity (Wildman–Crippen MR) is 58.3 cm³/mol. The van der Waals surface area contributed by atoms with Crippen molar-refractivity contribution in [3.8, 4) is 6.07 Å². The highest BCUT2D eigenvalue weighted by molar-refractivity contribution is 5.72. The van der Waals surface area contributed by atoms with Crippen molar-refractivity contribution in [3.05, 3.63) is 23.9 Å². The predicted octanol–water partition coefficient (Wildman–Crippen LogP) is 0.465. The second kappa shape index (κ2) is 4.80. The van der Waals surface area contributed by atoms with Gasteiger partial charge in [-0.15, -0.1) is 0 Å². The van der Waals surface area contributed by atoms with Crippen molar-refractivity contribution in [2.24, 2.45) is 5.92 Å². The van der Waals surface area contributed by atoms with E-state index in [4.69, 9.17) is 15.1 Å². The lowest BCUT2D eigenvalue weighted by Gasteiger charge is -2.15. The molecule has 2 unspecified atom stereocenters. The number of nitriles is 1. The second-order valence-corrected chi connectivity index (χ2v) is 3.78. The molecule has 0 aromatic carbocycles. The number of anilines is 1. The topological polar surface area (TPSA) is 95.2 Å². The highest BCUT2D eigenvalue weighted by Gasteiger charge is 2.34. The van der Waals surface area contributed by atoms with E-state index in [0.29, 0.717) is 18.0 Å². The lowest BCUT2D eigenvalue weighted by molar-refractivity contribution is -0.141. The number of hydrogen-bond acceptors (Lipinski definition) is 5. The normalized spacial score (nSPS) is 23.0. The van der Waals surface area contributed by atoms with Crippen LogP contribution in [0.2, 0.25) is 0 Å². The van der Waals surface area contributed by atoms with E-state index in [2.05, 4.69) is 10.3 Å². The van der Waals surface area contributed by atoms with Crippen LogP contribution in [0.4, 0.5) is 5.82 Å². The first-order chi connectivity index (χ1) is 8.20. The Kier molecular flexibility index (Phi) is 3.21. The summed E-state index contributed by atoms with van der Waals surface area (Å²) in [5.41, 5.74) is 0.466. The molecule has 6 nitrogen and oxygen atoms in total. The Morgan fingerprint density at radius 3 is 3.00 bits per heavy atom. The fraction of sp³-hybridized carbons (Fsp3) is 0.364. The summed E-state index contributed by atoms with van der Waals surface area (Å²) in [7, 11) is 0. The van der Waals surface area contributed by atoms with Crippen LogP contribution >= 0.6 is 0 Å². The van der Waals surface area contributed by atoms with Crippen LogP contribution in [-0.2, 0) is 9.53 Å². The zero-order chi connectivity index (χ0) is 12.3. The lowest BCUT2D eigenvalue weighted by atomic mass is 10.0. The summed E-state index contributed by atoms with van der Waals surface area (Å²) in [6.45, 7) is 0.557. The largest absolute Gasteiger partial charge is 0.481 e. The number of carbonyl (C=O) groups is 1. The van der Waals surface area contributed by atoms with Gasteiger partial charge in [-0.3, -0.25) is 4.79 Å². The summed E-state index contributed by atoms with van der Waals surface area (Å²) in [5, 5.41) is 20.6. The maximum Gasteiger partial charge on any atom is 0.311 e. The smallest absolute Gasteiger partial charge is 0.311 e. The molecule has 0 saturated carbocycles. The molecule has 0 bridgehead atoms. The minimum absolute atomic E-state index is 0.212. The number of carboxylic acids is 1. The van der Waals surface area contributed by atoms with Crippen LogP contribution in [0.1, 0.15) is 5.56 Å². The molecule has 2 atom stereocenters.